The van der Waals surface area contributed by atoms with Gasteiger partial charge in [0.05, 0.1) is 7.11 Å². The fourth-order valence-electron chi connectivity index (χ4n) is 2.78. The number of esters is 1. The van der Waals surface area contributed by atoms with Gasteiger partial charge in [-0.1, -0.05) is 41.9 Å². The number of benzene rings is 2. The van der Waals surface area contributed by atoms with Crippen LogP contribution in [0.15, 0.2) is 48.5 Å². The predicted molar refractivity (Wildman–Crippen MR) is 84.4 cm³/mol. The number of fused-ring (bicyclic) bond motifs is 2. The second-order valence-corrected chi connectivity index (χ2v) is 5.48. The highest BCUT2D eigenvalue weighted by atomic mass is 35.5. The molecule has 2 aromatic carbocycles. The van der Waals surface area contributed by atoms with Crippen molar-refractivity contribution in [2.75, 3.05) is 7.11 Å². The van der Waals surface area contributed by atoms with Gasteiger partial charge in [0.1, 0.15) is 0 Å². The maximum atomic E-state index is 11.8. The molecule has 0 N–H and O–H groups in total. The summed E-state index contributed by atoms with van der Waals surface area (Å²) in [7, 11) is 1.39. The molecule has 1 aliphatic rings. The average molecular weight is 299 g/mol. The van der Waals surface area contributed by atoms with E-state index < -0.39 is 0 Å². The van der Waals surface area contributed by atoms with E-state index >= 15 is 0 Å². The third-order valence-electron chi connectivity index (χ3n) is 3.79. The summed E-state index contributed by atoms with van der Waals surface area (Å²) in [6.07, 6.45) is 3.41. The third kappa shape index (κ3) is 2.72. The van der Waals surface area contributed by atoms with Gasteiger partial charge in [-0.05, 0) is 52.8 Å². The van der Waals surface area contributed by atoms with E-state index in [9.17, 15) is 4.79 Å². The predicted octanol–water partition coefficient (Wildman–Crippen LogP) is 4.04. The lowest BCUT2D eigenvalue weighted by molar-refractivity contribution is -0.134. The molecular weight excluding hydrogens is 284 g/mol. The van der Waals surface area contributed by atoms with Gasteiger partial charge in [-0.2, -0.15) is 0 Å². The zero-order valence-corrected chi connectivity index (χ0v) is 12.5. The first kappa shape index (κ1) is 13.9. The zero-order valence-electron chi connectivity index (χ0n) is 11.7. The average Bonchev–Trinajstić information content (AvgIpc) is 2.65. The first-order valence-corrected chi connectivity index (χ1v) is 7.23. The Morgan fingerprint density at radius 3 is 2.62 bits per heavy atom. The smallest absolute Gasteiger partial charge is 0.331 e. The second-order valence-electron chi connectivity index (χ2n) is 5.04. The summed E-state index contributed by atoms with van der Waals surface area (Å²) in [6.45, 7) is 0. The lowest BCUT2D eigenvalue weighted by Gasteiger charge is -2.11. The van der Waals surface area contributed by atoms with Crippen molar-refractivity contribution in [3.63, 3.8) is 0 Å². The fourth-order valence-corrected chi connectivity index (χ4v) is 2.97. The lowest BCUT2D eigenvalue weighted by atomic mass is 9.94. The first-order chi connectivity index (χ1) is 10.2. The highest BCUT2D eigenvalue weighted by molar-refractivity contribution is 6.30. The van der Waals surface area contributed by atoms with Crippen LogP contribution in [0, 0.1) is 0 Å². The number of aryl methyl sites for hydroxylation is 2. The fraction of sp³-hybridized carbons (Fsp3) is 0.167. The molecule has 0 radical (unpaired) electrons. The lowest BCUT2D eigenvalue weighted by Crippen LogP contribution is -2.00. The summed E-state index contributed by atoms with van der Waals surface area (Å²) < 4.78 is 4.81. The highest BCUT2D eigenvalue weighted by Crippen LogP contribution is 2.34. The summed E-state index contributed by atoms with van der Waals surface area (Å²) in [6, 6.07) is 14.0. The molecule has 0 fully saturated rings. The van der Waals surface area contributed by atoms with Crippen LogP contribution in [0.25, 0.3) is 5.57 Å². The van der Waals surface area contributed by atoms with Crippen LogP contribution in [0.3, 0.4) is 0 Å². The summed E-state index contributed by atoms with van der Waals surface area (Å²) in [4.78, 5) is 11.8. The molecule has 3 heteroatoms. The summed E-state index contributed by atoms with van der Waals surface area (Å²) in [5, 5.41) is 0.720. The topological polar surface area (TPSA) is 26.3 Å². The van der Waals surface area contributed by atoms with Gasteiger partial charge in [0.2, 0.25) is 0 Å². The van der Waals surface area contributed by atoms with Crippen molar-refractivity contribution in [2.45, 2.75) is 12.8 Å². The van der Waals surface area contributed by atoms with Gasteiger partial charge in [0, 0.05) is 11.1 Å². The molecule has 0 amide bonds. The molecule has 0 spiro atoms. The van der Waals surface area contributed by atoms with Crippen molar-refractivity contribution < 1.29 is 9.53 Å². The highest BCUT2D eigenvalue weighted by Gasteiger charge is 2.19. The Kier molecular flexibility index (Phi) is 3.80. The molecule has 0 unspecified atom stereocenters. The van der Waals surface area contributed by atoms with Crippen LogP contribution in [-0.4, -0.2) is 13.1 Å². The standard InChI is InChI=1S/C18H15ClO2/c1-21-18(20)11-17-15-5-3-2-4-12(15)6-7-13-10-14(19)8-9-16(13)17/h2-5,8-11H,6-7H2,1H3/b17-11+. The Labute approximate surface area is 129 Å². The maximum absolute atomic E-state index is 11.8. The van der Waals surface area contributed by atoms with E-state index in [-0.39, 0.29) is 5.97 Å². The van der Waals surface area contributed by atoms with Crippen molar-refractivity contribution in [3.8, 4) is 0 Å². The van der Waals surface area contributed by atoms with E-state index in [4.69, 9.17) is 16.3 Å². The molecule has 106 valence electrons. The van der Waals surface area contributed by atoms with Crippen LogP contribution in [0.1, 0.15) is 22.3 Å². The number of halogens is 1. The number of hydrogen-bond donors (Lipinski definition) is 0. The molecule has 0 saturated heterocycles. The molecule has 2 nitrogen and oxygen atoms in total. The van der Waals surface area contributed by atoms with E-state index in [1.807, 2.05) is 36.4 Å². The van der Waals surface area contributed by atoms with Crippen LogP contribution < -0.4 is 0 Å². The van der Waals surface area contributed by atoms with Gasteiger partial charge in [0.15, 0.2) is 0 Å². The Morgan fingerprint density at radius 1 is 1.10 bits per heavy atom. The molecule has 0 heterocycles. The third-order valence-corrected chi connectivity index (χ3v) is 4.03. The minimum Gasteiger partial charge on any atom is -0.466 e. The van der Waals surface area contributed by atoms with Gasteiger partial charge in [-0.15, -0.1) is 0 Å². The van der Waals surface area contributed by atoms with Crippen molar-refractivity contribution >= 4 is 23.1 Å². The van der Waals surface area contributed by atoms with E-state index in [1.54, 1.807) is 6.08 Å². The largest absolute Gasteiger partial charge is 0.466 e. The molecule has 0 bridgehead atoms. The molecule has 0 aromatic heterocycles. The normalized spacial score (nSPS) is 15.0. The second kappa shape index (κ2) is 5.74. The van der Waals surface area contributed by atoms with Crippen LogP contribution in [0.5, 0.6) is 0 Å². The Morgan fingerprint density at radius 2 is 1.81 bits per heavy atom. The van der Waals surface area contributed by atoms with Crippen LogP contribution in [0.2, 0.25) is 5.02 Å². The van der Waals surface area contributed by atoms with Crippen molar-refractivity contribution in [1.82, 2.24) is 0 Å². The quantitative estimate of drug-likeness (QED) is 0.586. The molecule has 2 aromatic rings. The first-order valence-electron chi connectivity index (χ1n) is 6.86. The maximum Gasteiger partial charge on any atom is 0.331 e. The van der Waals surface area contributed by atoms with Crippen LogP contribution >= 0.6 is 11.6 Å². The van der Waals surface area contributed by atoms with Gasteiger partial charge in [0.25, 0.3) is 0 Å². The van der Waals surface area contributed by atoms with Gasteiger partial charge in [-0.3, -0.25) is 0 Å². The molecular formula is C18H15ClO2. The minimum absolute atomic E-state index is 0.345. The molecule has 21 heavy (non-hydrogen) atoms. The Bertz CT molecular complexity index is 732. The van der Waals surface area contributed by atoms with Crippen LogP contribution in [-0.2, 0) is 22.4 Å². The van der Waals surface area contributed by atoms with Gasteiger partial charge < -0.3 is 4.74 Å². The number of carbonyl (C=O) groups is 1. The number of hydrogen-bond acceptors (Lipinski definition) is 2. The molecule has 3 rings (SSSR count). The Hall–Kier alpha value is -2.06. The summed E-state index contributed by atoms with van der Waals surface area (Å²) in [5.74, 6) is -0.345. The van der Waals surface area contributed by atoms with E-state index in [0.717, 1.165) is 40.1 Å². The molecule has 0 atom stereocenters. The molecule has 0 aliphatic heterocycles. The molecule has 1 aliphatic carbocycles. The number of ether oxygens (including phenoxy) is 1. The minimum atomic E-state index is -0.345. The number of rotatable bonds is 1. The number of carbonyl (C=O) groups excluding carboxylic acids is 1. The van der Waals surface area contributed by atoms with Crippen molar-refractivity contribution in [1.29, 1.82) is 0 Å². The van der Waals surface area contributed by atoms with E-state index in [1.165, 1.54) is 12.7 Å². The summed E-state index contributed by atoms with van der Waals surface area (Å²) in [5.41, 5.74) is 5.44. The van der Waals surface area contributed by atoms with Crippen molar-refractivity contribution in [2.24, 2.45) is 0 Å². The van der Waals surface area contributed by atoms with Crippen molar-refractivity contribution in [3.05, 3.63) is 75.8 Å². The van der Waals surface area contributed by atoms with Crippen LogP contribution in [0.4, 0.5) is 0 Å². The van der Waals surface area contributed by atoms with E-state index in [2.05, 4.69) is 6.07 Å². The number of methoxy groups -OCH3 is 1. The SMILES string of the molecule is COC(=O)/C=C1\c2ccccc2CCc2cc(Cl)ccc21. The zero-order chi connectivity index (χ0) is 14.8. The Balaban J connectivity index is 2.25. The monoisotopic (exact) mass is 298 g/mol. The summed E-state index contributed by atoms with van der Waals surface area (Å²) >= 11 is 6.11. The molecule has 0 saturated carbocycles. The van der Waals surface area contributed by atoms with E-state index in [0.29, 0.717) is 0 Å². The van der Waals surface area contributed by atoms with Gasteiger partial charge in [-0.25, -0.2) is 4.79 Å². The van der Waals surface area contributed by atoms with Gasteiger partial charge >= 0.3 is 5.97 Å².